The molecule has 0 aliphatic carbocycles. The van der Waals surface area contributed by atoms with Crippen LogP contribution < -0.4 is 0 Å². The van der Waals surface area contributed by atoms with Crippen LogP contribution in [0.25, 0.3) is 0 Å². The topological polar surface area (TPSA) is 52.6 Å². The Kier molecular flexibility index (Phi) is 8.08. The lowest BCUT2D eigenvalue weighted by Crippen LogP contribution is -2.28. The Labute approximate surface area is 215 Å². The van der Waals surface area contributed by atoms with Gasteiger partial charge in [-0.25, -0.2) is 0 Å². The zero-order valence-electron chi connectivity index (χ0n) is 22.7. The van der Waals surface area contributed by atoms with Gasteiger partial charge in [0.05, 0.1) is 10.8 Å². The molecule has 0 saturated carbocycles. The Balaban J connectivity index is 2.21. The maximum Gasteiger partial charge on any atom is 0.312 e. The Bertz CT molecular complexity index is 1210. The molecule has 0 aromatic heterocycles. The molecule has 0 N–H and O–H groups in total. The summed E-state index contributed by atoms with van der Waals surface area (Å²) < 4.78 is 12.4. The van der Waals surface area contributed by atoms with Gasteiger partial charge < -0.3 is 9.47 Å². The predicted molar refractivity (Wildman–Crippen MR) is 144 cm³/mol. The Morgan fingerprint density at radius 3 is 1.47 bits per heavy atom. The van der Waals surface area contributed by atoms with Crippen molar-refractivity contribution in [3.05, 3.63) is 106 Å². The van der Waals surface area contributed by atoms with Crippen molar-refractivity contribution < 1.29 is 19.1 Å². The third-order valence-corrected chi connectivity index (χ3v) is 6.17. The van der Waals surface area contributed by atoms with Crippen LogP contribution >= 0.6 is 0 Å². The summed E-state index contributed by atoms with van der Waals surface area (Å²) in [5.41, 5.74) is 4.22. The van der Waals surface area contributed by atoms with Gasteiger partial charge in [0.25, 0.3) is 0 Å². The highest BCUT2D eigenvalue weighted by atomic mass is 16.6. The zero-order valence-corrected chi connectivity index (χ0v) is 22.7. The van der Waals surface area contributed by atoms with Crippen molar-refractivity contribution in [1.29, 1.82) is 0 Å². The fourth-order valence-electron chi connectivity index (χ4n) is 3.73. The number of carbonyl (C=O) groups is 2. The smallest absolute Gasteiger partial charge is 0.312 e. The van der Waals surface area contributed by atoms with Crippen molar-refractivity contribution in [2.75, 3.05) is 0 Å². The Morgan fingerprint density at radius 1 is 0.583 bits per heavy atom. The van der Waals surface area contributed by atoms with Gasteiger partial charge in [0.15, 0.2) is 12.2 Å². The van der Waals surface area contributed by atoms with Crippen LogP contribution in [0.3, 0.4) is 0 Å². The van der Waals surface area contributed by atoms with E-state index in [-0.39, 0.29) is 11.9 Å². The fraction of sp³-hybridized carbons (Fsp3) is 0.375. The summed E-state index contributed by atoms with van der Waals surface area (Å²) in [6, 6.07) is 23.5. The number of esters is 2. The van der Waals surface area contributed by atoms with E-state index in [0.29, 0.717) is 0 Å². The molecule has 3 aromatic rings. The van der Waals surface area contributed by atoms with Crippen molar-refractivity contribution in [3.63, 3.8) is 0 Å². The molecule has 4 heteroatoms. The summed E-state index contributed by atoms with van der Waals surface area (Å²) in [6.07, 6.45) is -1.32. The highest BCUT2D eigenvalue weighted by Gasteiger charge is 2.33. The number of carbonyl (C=O) groups excluding carboxylic acids is 2. The molecule has 4 nitrogen and oxygen atoms in total. The first-order valence-electron chi connectivity index (χ1n) is 12.4. The average Bonchev–Trinajstić information content (AvgIpc) is 2.82. The average molecular weight is 487 g/mol. The minimum Gasteiger partial charge on any atom is -0.452 e. The van der Waals surface area contributed by atoms with Crippen LogP contribution in [0.15, 0.2) is 72.8 Å². The molecule has 2 unspecified atom stereocenters. The minimum atomic E-state index is -0.676. The van der Waals surface area contributed by atoms with E-state index in [1.54, 1.807) is 0 Å². The molecular weight excluding hydrogens is 448 g/mol. The molecule has 3 rings (SSSR count). The van der Waals surface area contributed by atoms with E-state index in [0.717, 1.165) is 33.4 Å². The Morgan fingerprint density at radius 2 is 1.03 bits per heavy atom. The van der Waals surface area contributed by atoms with Gasteiger partial charge in [-0.05, 0) is 77.6 Å². The second-order valence-corrected chi connectivity index (χ2v) is 11.5. The van der Waals surface area contributed by atoms with Crippen LogP contribution in [0.5, 0.6) is 0 Å². The predicted octanol–water partition coefficient (Wildman–Crippen LogP) is 7.66. The van der Waals surface area contributed by atoms with E-state index in [1.807, 2.05) is 115 Å². The van der Waals surface area contributed by atoms with Crippen molar-refractivity contribution in [1.82, 2.24) is 0 Å². The molecule has 0 spiro atoms. The molecule has 2 atom stereocenters. The van der Waals surface area contributed by atoms with Crippen LogP contribution in [-0.2, 0) is 19.1 Å². The quantitative estimate of drug-likeness (QED) is 0.336. The molecule has 0 radical (unpaired) electrons. The molecule has 0 bridgehead atoms. The van der Waals surface area contributed by atoms with Crippen molar-refractivity contribution >= 4 is 11.9 Å². The SMILES string of the molecule is Cc1ccc(C(OC(=O)C(C)(C)C)c2ccccc2C(OC(=O)C(C)(C)C)c2ccccc2)cc1C. The molecular formula is C32H38O4. The van der Waals surface area contributed by atoms with E-state index < -0.39 is 23.0 Å². The lowest BCUT2D eigenvalue weighted by Gasteiger charge is -2.29. The molecule has 0 aliphatic heterocycles. The van der Waals surface area contributed by atoms with Crippen LogP contribution in [0, 0.1) is 24.7 Å². The van der Waals surface area contributed by atoms with E-state index in [1.165, 1.54) is 0 Å². The fourth-order valence-corrected chi connectivity index (χ4v) is 3.73. The molecule has 36 heavy (non-hydrogen) atoms. The zero-order chi connectivity index (χ0) is 26.7. The van der Waals surface area contributed by atoms with Gasteiger partial charge in [-0.2, -0.15) is 0 Å². The molecule has 0 amide bonds. The van der Waals surface area contributed by atoms with Crippen LogP contribution in [0.2, 0.25) is 0 Å². The summed E-state index contributed by atoms with van der Waals surface area (Å²) >= 11 is 0. The molecule has 0 fully saturated rings. The van der Waals surface area contributed by atoms with Crippen LogP contribution in [0.4, 0.5) is 0 Å². The summed E-state index contributed by atoms with van der Waals surface area (Å²) in [5.74, 6) is -0.607. The minimum absolute atomic E-state index is 0.302. The maximum absolute atomic E-state index is 13.1. The normalized spacial score (nSPS) is 13.6. The summed E-state index contributed by atoms with van der Waals surface area (Å²) in [7, 11) is 0. The van der Waals surface area contributed by atoms with Gasteiger partial charge in [0.1, 0.15) is 0 Å². The molecule has 3 aromatic carbocycles. The van der Waals surface area contributed by atoms with Crippen molar-refractivity contribution in [2.24, 2.45) is 10.8 Å². The first-order valence-corrected chi connectivity index (χ1v) is 12.4. The lowest BCUT2D eigenvalue weighted by atomic mass is 9.89. The number of ether oxygens (including phenoxy) is 2. The monoisotopic (exact) mass is 486 g/mol. The number of hydrogen-bond acceptors (Lipinski definition) is 4. The van der Waals surface area contributed by atoms with Crippen LogP contribution in [0.1, 0.15) is 87.1 Å². The van der Waals surface area contributed by atoms with Gasteiger partial charge >= 0.3 is 11.9 Å². The van der Waals surface area contributed by atoms with Gasteiger partial charge in [0, 0.05) is 11.1 Å². The highest BCUT2D eigenvalue weighted by molar-refractivity contribution is 5.77. The summed E-state index contributed by atoms with van der Waals surface area (Å²) in [4.78, 5) is 26.2. The summed E-state index contributed by atoms with van der Waals surface area (Å²) in [5, 5.41) is 0. The lowest BCUT2D eigenvalue weighted by molar-refractivity contribution is -0.159. The van der Waals surface area contributed by atoms with E-state index in [9.17, 15) is 9.59 Å². The van der Waals surface area contributed by atoms with Gasteiger partial charge in [-0.15, -0.1) is 0 Å². The first kappa shape index (κ1) is 27.2. The number of hydrogen-bond donors (Lipinski definition) is 0. The first-order chi connectivity index (χ1) is 16.8. The maximum atomic E-state index is 13.1. The van der Waals surface area contributed by atoms with E-state index in [2.05, 4.69) is 13.0 Å². The Hall–Kier alpha value is -3.40. The second kappa shape index (κ2) is 10.7. The van der Waals surface area contributed by atoms with E-state index in [4.69, 9.17) is 9.47 Å². The summed E-state index contributed by atoms with van der Waals surface area (Å²) in [6.45, 7) is 15.2. The molecule has 0 heterocycles. The number of benzene rings is 3. The second-order valence-electron chi connectivity index (χ2n) is 11.5. The highest BCUT2D eigenvalue weighted by Crippen LogP contribution is 2.38. The van der Waals surface area contributed by atoms with Crippen molar-refractivity contribution in [2.45, 2.75) is 67.6 Å². The number of rotatable bonds is 6. The standard InChI is InChI=1S/C32H38O4/c1-21-18-19-24(20-22(21)2)28(36-30(34)32(6,7)8)26-17-13-12-16-25(26)27(23-14-10-9-11-15-23)35-29(33)31(3,4)5/h9-20,27-28H,1-8H3. The van der Waals surface area contributed by atoms with E-state index >= 15 is 0 Å². The molecule has 190 valence electrons. The molecule has 0 saturated heterocycles. The molecule has 0 aliphatic rings. The number of aryl methyl sites for hydroxylation is 2. The third-order valence-electron chi connectivity index (χ3n) is 6.17. The van der Waals surface area contributed by atoms with Gasteiger partial charge in [0.2, 0.25) is 0 Å². The van der Waals surface area contributed by atoms with Crippen molar-refractivity contribution in [3.8, 4) is 0 Å². The van der Waals surface area contributed by atoms with Gasteiger partial charge in [-0.1, -0.05) is 72.8 Å². The third kappa shape index (κ3) is 6.42. The largest absolute Gasteiger partial charge is 0.452 e. The van der Waals surface area contributed by atoms with Gasteiger partial charge in [-0.3, -0.25) is 9.59 Å². The van der Waals surface area contributed by atoms with Crippen LogP contribution in [-0.4, -0.2) is 11.9 Å².